The number of hydrogen-bond donors (Lipinski definition) is 1. The molecule has 1 N–H and O–H groups in total. The van der Waals surface area contributed by atoms with Gasteiger partial charge in [0.1, 0.15) is 25.3 Å². The van der Waals surface area contributed by atoms with Gasteiger partial charge in [0, 0.05) is 18.6 Å². The summed E-state index contributed by atoms with van der Waals surface area (Å²) in [6.07, 6.45) is 6.46. The Morgan fingerprint density at radius 2 is 1.96 bits per heavy atom. The molecule has 7 heteroatoms. The van der Waals surface area contributed by atoms with Gasteiger partial charge in [0.15, 0.2) is 0 Å². The number of aromatic nitrogens is 3. The van der Waals surface area contributed by atoms with Crippen LogP contribution in [0.5, 0.6) is 0 Å². The molecule has 0 bridgehead atoms. The third-order valence-corrected chi connectivity index (χ3v) is 3.41. The van der Waals surface area contributed by atoms with Gasteiger partial charge in [-0.2, -0.15) is 0 Å². The lowest BCUT2D eigenvalue weighted by Gasteiger charge is -2.07. The Bertz CT molecular complexity index is 831. The minimum atomic E-state index is -0.500. The highest BCUT2D eigenvalue weighted by Crippen LogP contribution is 2.05. The summed E-state index contributed by atoms with van der Waals surface area (Å²) in [5.74, 6) is -0.238. The second-order valence-corrected chi connectivity index (χ2v) is 5.20. The SMILES string of the molecule is O=C(CNC(=O)c1ccc(-n2ccnc2)nc1)OCc1ccccc1. The van der Waals surface area contributed by atoms with Gasteiger partial charge in [-0.05, 0) is 17.7 Å². The molecule has 0 fully saturated rings. The average Bonchev–Trinajstić information content (AvgIpc) is 3.20. The molecule has 0 radical (unpaired) electrons. The van der Waals surface area contributed by atoms with E-state index < -0.39 is 5.97 Å². The Balaban J connectivity index is 1.48. The molecule has 1 amide bonds. The van der Waals surface area contributed by atoms with Gasteiger partial charge in [-0.15, -0.1) is 0 Å². The predicted molar refractivity (Wildman–Crippen MR) is 89.9 cm³/mol. The molecule has 0 aliphatic carbocycles. The summed E-state index contributed by atoms with van der Waals surface area (Å²) in [5.41, 5.74) is 1.25. The fraction of sp³-hybridized carbons (Fsp3) is 0.111. The topological polar surface area (TPSA) is 86.1 Å². The van der Waals surface area contributed by atoms with Gasteiger partial charge in [-0.25, -0.2) is 9.97 Å². The summed E-state index contributed by atoms with van der Waals surface area (Å²) in [6, 6.07) is 12.7. The molecule has 7 nitrogen and oxygen atoms in total. The molecule has 3 aromatic rings. The highest BCUT2D eigenvalue weighted by atomic mass is 16.5. The Kier molecular flexibility index (Phi) is 5.16. The van der Waals surface area contributed by atoms with Crippen LogP contribution in [0.25, 0.3) is 5.82 Å². The van der Waals surface area contributed by atoms with Crippen LogP contribution in [0.4, 0.5) is 0 Å². The monoisotopic (exact) mass is 336 g/mol. The van der Waals surface area contributed by atoms with Crippen molar-refractivity contribution in [2.45, 2.75) is 6.61 Å². The molecule has 0 unspecified atom stereocenters. The van der Waals surface area contributed by atoms with Crippen LogP contribution < -0.4 is 5.32 Å². The summed E-state index contributed by atoms with van der Waals surface area (Å²) in [6.45, 7) is -0.0222. The molecule has 126 valence electrons. The Morgan fingerprint density at radius 1 is 1.12 bits per heavy atom. The number of carbonyl (C=O) groups excluding carboxylic acids is 2. The highest BCUT2D eigenvalue weighted by Gasteiger charge is 2.10. The molecule has 2 aromatic heterocycles. The second-order valence-electron chi connectivity index (χ2n) is 5.20. The Labute approximate surface area is 144 Å². The van der Waals surface area contributed by atoms with Crippen LogP contribution in [-0.2, 0) is 16.1 Å². The molecule has 3 rings (SSSR count). The number of nitrogens with one attached hydrogen (secondary N) is 1. The smallest absolute Gasteiger partial charge is 0.325 e. The lowest BCUT2D eigenvalue weighted by molar-refractivity contribution is -0.143. The van der Waals surface area contributed by atoms with Crippen LogP contribution in [0.2, 0.25) is 0 Å². The minimum absolute atomic E-state index is 0.177. The average molecular weight is 336 g/mol. The minimum Gasteiger partial charge on any atom is -0.460 e. The molecular weight excluding hydrogens is 320 g/mol. The van der Waals surface area contributed by atoms with Crippen LogP contribution in [0.3, 0.4) is 0 Å². The standard InChI is InChI=1S/C18H16N4O3/c23-17(25-12-14-4-2-1-3-5-14)11-21-18(24)15-6-7-16(20-10-15)22-9-8-19-13-22/h1-10,13H,11-12H2,(H,21,24). The summed E-state index contributed by atoms with van der Waals surface area (Å²) in [7, 11) is 0. The number of esters is 1. The van der Waals surface area contributed by atoms with E-state index in [2.05, 4.69) is 15.3 Å². The third-order valence-electron chi connectivity index (χ3n) is 3.41. The first kappa shape index (κ1) is 16.4. The Hall–Kier alpha value is -3.48. The fourth-order valence-electron chi connectivity index (χ4n) is 2.11. The van der Waals surface area contributed by atoms with Crippen molar-refractivity contribution in [2.24, 2.45) is 0 Å². The molecule has 1 aromatic carbocycles. The quantitative estimate of drug-likeness (QED) is 0.693. The fourth-order valence-corrected chi connectivity index (χ4v) is 2.11. The van der Waals surface area contributed by atoms with Crippen molar-refractivity contribution in [3.8, 4) is 5.82 Å². The molecule has 0 atom stereocenters. The number of ether oxygens (including phenoxy) is 1. The van der Waals surface area contributed by atoms with Crippen LogP contribution >= 0.6 is 0 Å². The Morgan fingerprint density at radius 3 is 2.64 bits per heavy atom. The first-order valence-electron chi connectivity index (χ1n) is 7.64. The zero-order valence-electron chi connectivity index (χ0n) is 13.3. The third kappa shape index (κ3) is 4.51. The zero-order chi connectivity index (χ0) is 17.5. The largest absolute Gasteiger partial charge is 0.460 e. The van der Waals surface area contributed by atoms with Crippen molar-refractivity contribution in [3.63, 3.8) is 0 Å². The van der Waals surface area contributed by atoms with Crippen LogP contribution in [0, 0.1) is 0 Å². The summed E-state index contributed by atoms with van der Waals surface area (Å²) in [5, 5.41) is 2.52. The van der Waals surface area contributed by atoms with Crippen LogP contribution in [0.15, 0.2) is 67.4 Å². The normalized spacial score (nSPS) is 10.2. The first-order chi connectivity index (χ1) is 12.2. The maximum atomic E-state index is 12.0. The number of pyridine rings is 1. The number of nitrogens with zero attached hydrogens (tertiary/aromatic N) is 3. The van der Waals surface area contributed by atoms with Gasteiger partial charge >= 0.3 is 5.97 Å². The first-order valence-corrected chi connectivity index (χ1v) is 7.64. The van der Waals surface area contributed by atoms with Crippen molar-refractivity contribution >= 4 is 11.9 Å². The van der Waals surface area contributed by atoms with E-state index in [-0.39, 0.29) is 19.1 Å². The number of hydrogen-bond acceptors (Lipinski definition) is 5. The molecule has 0 aliphatic heterocycles. The molecule has 25 heavy (non-hydrogen) atoms. The molecular formula is C18H16N4O3. The van der Waals surface area contributed by atoms with Gasteiger partial charge in [0.05, 0.1) is 5.56 Å². The predicted octanol–water partition coefficient (Wildman–Crippen LogP) is 1.74. The summed E-state index contributed by atoms with van der Waals surface area (Å²) >= 11 is 0. The van der Waals surface area contributed by atoms with E-state index in [1.807, 2.05) is 30.3 Å². The number of rotatable bonds is 6. The number of amides is 1. The van der Waals surface area contributed by atoms with Crippen molar-refractivity contribution in [3.05, 3.63) is 78.5 Å². The van der Waals surface area contributed by atoms with E-state index in [0.29, 0.717) is 11.4 Å². The molecule has 0 saturated carbocycles. The molecule has 0 spiro atoms. The van der Waals surface area contributed by atoms with Crippen molar-refractivity contribution in [1.82, 2.24) is 19.9 Å². The number of benzene rings is 1. The van der Waals surface area contributed by atoms with Crippen LogP contribution in [0.1, 0.15) is 15.9 Å². The van der Waals surface area contributed by atoms with E-state index in [9.17, 15) is 9.59 Å². The second kappa shape index (κ2) is 7.87. The lowest BCUT2D eigenvalue weighted by atomic mass is 10.2. The van der Waals surface area contributed by atoms with E-state index in [0.717, 1.165) is 5.56 Å². The van der Waals surface area contributed by atoms with Gasteiger partial charge in [0.25, 0.3) is 5.91 Å². The summed E-state index contributed by atoms with van der Waals surface area (Å²) < 4.78 is 6.83. The molecule has 2 heterocycles. The maximum Gasteiger partial charge on any atom is 0.325 e. The van der Waals surface area contributed by atoms with E-state index in [1.54, 1.807) is 35.4 Å². The van der Waals surface area contributed by atoms with E-state index in [4.69, 9.17) is 4.74 Å². The number of carbonyl (C=O) groups is 2. The van der Waals surface area contributed by atoms with Crippen molar-refractivity contribution in [2.75, 3.05) is 6.54 Å². The van der Waals surface area contributed by atoms with Gasteiger partial charge in [0.2, 0.25) is 0 Å². The van der Waals surface area contributed by atoms with Crippen molar-refractivity contribution in [1.29, 1.82) is 0 Å². The van der Waals surface area contributed by atoms with Gasteiger partial charge in [-0.1, -0.05) is 30.3 Å². The molecule has 0 saturated heterocycles. The zero-order valence-corrected chi connectivity index (χ0v) is 13.3. The summed E-state index contributed by atoms with van der Waals surface area (Å²) in [4.78, 5) is 31.9. The molecule has 0 aliphatic rings. The lowest BCUT2D eigenvalue weighted by Crippen LogP contribution is -2.30. The van der Waals surface area contributed by atoms with Crippen LogP contribution in [-0.4, -0.2) is 33.0 Å². The van der Waals surface area contributed by atoms with Gasteiger partial charge < -0.3 is 10.1 Å². The highest BCUT2D eigenvalue weighted by molar-refractivity contribution is 5.95. The number of imidazole rings is 1. The maximum absolute atomic E-state index is 12.0. The van der Waals surface area contributed by atoms with E-state index >= 15 is 0 Å². The van der Waals surface area contributed by atoms with Crippen molar-refractivity contribution < 1.29 is 14.3 Å². The van der Waals surface area contributed by atoms with E-state index in [1.165, 1.54) is 6.20 Å². The van der Waals surface area contributed by atoms with Gasteiger partial charge in [-0.3, -0.25) is 14.2 Å².